The maximum Gasteiger partial charge on any atom is 0.262 e. The topological polar surface area (TPSA) is 49.4 Å². The number of nitrogens with one attached hydrogen (secondary N) is 1. The number of amides is 2. The Balaban J connectivity index is 2.03. The molecule has 0 aliphatic heterocycles. The Hall–Kier alpha value is -1.79. The number of benzene rings is 1. The molecule has 0 saturated heterocycles. The van der Waals surface area contributed by atoms with E-state index in [9.17, 15) is 9.59 Å². The third-order valence-electron chi connectivity index (χ3n) is 3.92. The molecule has 2 amide bonds. The normalized spacial score (nSPS) is 12.0. The van der Waals surface area contributed by atoms with Crippen molar-refractivity contribution >= 4 is 34.9 Å². The van der Waals surface area contributed by atoms with Gasteiger partial charge < -0.3 is 10.2 Å². The minimum atomic E-state index is -0.537. The van der Waals surface area contributed by atoms with Crippen LogP contribution in [0.25, 0.3) is 0 Å². The third kappa shape index (κ3) is 5.34. The molecule has 25 heavy (non-hydrogen) atoms. The second-order valence-corrected chi connectivity index (χ2v) is 8.04. The molecule has 1 heterocycles. The van der Waals surface area contributed by atoms with Crippen LogP contribution in [0.5, 0.6) is 0 Å². The fraction of sp³-hybridized carbons (Fsp3) is 0.368. The van der Waals surface area contributed by atoms with Crippen molar-refractivity contribution < 1.29 is 9.59 Å². The predicted molar refractivity (Wildman–Crippen MR) is 105 cm³/mol. The Kier molecular flexibility index (Phi) is 7.08. The lowest BCUT2D eigenvalue weighted by Crippen LogP contribution is -2.49. The van der Waals surface area contributed by atoms with E-state index in [1.165, 1.54) is 16.2 Å². The summed E-state index contributed by atoms with van der Waals surface area (Å²) in [4.78, 5) is 28.6. The van der Waals surface area contributed by atoms with Gasteiger partial charge in [-0.3, -0.25) is 9.59 Å². The summed E-state index contributed by atoms with van der Waals surface area (Å²) in [7, 11) is 1.78. The molecule has 1 N–H and O–H groups in total. The minimum Gasteiger partial charge on any atom is -0.340 e. The number of hydrogen-bond acceptors (Lipinski definition) is 4. The summed E-state index contributed by atoms with van der Waals surface area (Å²) in [5, 5.41) is 4.73. The second kappa shape index (κ2) is 9.06. The maximum atomic E-state index is 12.8. The molecule has 0 saturated carbocycles. The average molecular weight is 377 g/mol. The van der Waals surface area contributed by atoms with Gasteiger partial charge in [-0.15, -0.1) is 23.1 Å². The number of thioether (sulfide) groups is 1. The van der Waals surface area contributed by atoms with Gasteiger partial charge in [-0.1, -0.05) is 32.0 Å². The van der Waals surface area contributed by atoms with E-state index in [1.807, 2.05) is 43.7 Å². The molecule has 0 radical (unpaired) electrons. The van der Waals surface area contributed by atoms with Gasteiger partial charge in [-0.2, -0.15) is 0 Å². The van der Waals surface area contributed by atoms with Crippen LogP contribution in [0.4, 0.5) is 0 Å². The molecule has 1 aromatic heterocycles. The number of carbonyl (C=O) groups is 2. The van der Waals surface area contributed by atoms with Crippen molar-refractivity contribution in [2.75, 3.05) is 13.3 Å². The molecule has 2 rings (SSSR count). The highest BCUT2D eigenvalue weighted by molar-refractivity contribution is 7.98. The van der Waals surface area contributed by atoms with Gasteiger partial charge in [-0.25, -0.2) is 0 Å². The standard InChI is InChI=1S/C19H24N2O2S2/c1-13(2)17(20-18(22)16-6-5-11-25-16)19(23)21(3)12-14-7-9-15(24-4)10-8-14/h5-11,13,17H,12H2,1-4H3,(H,20,22)/t17-/m1/s1. The number of carbonyl (C=O) groups excluding carboxylic acids is 2. The monoisotopic (exact) mass is 376 g/mol. The number of nitrogens with zero attached hydrogens (tertiary/aromatic N) is 1. The summed E-state index contributed by atoms with van der Waals surface area (Å²) in [6.07, 6.45) is 2.04. The van der Waals surface area contributed by atoms with Gasteiger partial charge in [0.1, 0.15) is 6.04 Å². The van der Waals surface area contributed by atoms with Crippen LogP contribution < -0.4 is 5.32 Å². The van der Waals surface area contributed by atoms with Crippen molar-refractivity contribution in [1.29, 1.82) is 0 Å². The van der Waals surface area contributed by atoms with E-state index < -0.39 is 6.04 Å². The zero-order chi connectivity index (χ0) is 18.4. The van der Waals surface area contributed by atoms with Crippen LogP contribution in [0.3, 0.4) is 0 Å². The number of rotatable bonds is 7. The lowest BCUT2D eigenvalue weighted by atomic mass is 10.0. The third-order valence-corrected chi connectivity index (χ3v) is 5.53. The largest absolute Gasteiger partial charge is 0.340 e. The van der Waals surface area contributed by atoms with E-state index in [0.717, 1.165) is 5.56 Å². The Labute approximate surface area is 157 Å². The van der Waals surface area contributed by atoms with Crippen LogP contribution in [-0.4, -0.2) is 36.1 Å². The summed E-state index contributed by atoms with van der Waals surface area (Å²) in [5.41, 5.74) is 1.07. The molecule has 1 aromatic carbocycles. The van der Waals surface area contributed by atoms with Crippen molar-refractivity contribution in [1.82, 2.24) is 10.2 Å². The minimum absolute atomic E-state index is 0.0118. The summed E-state index contributed by atoms with van der Waals surface area (Å²) >= 11 is 3.06. The molecule has 0 unspecified atom stereocenters. The fourth-order valence-electron chi connectivity index (χ4n) is 2.45. The molecule has 0 spiro atoms. The number of thiophene rings is 1. The molecule has 4 nitrogen and oxygen atoms in total. The van der Waals surface area contributed by atoms with Crippen LogP contribution in [0, 0.1) is 5.92 Å². The fourth-order valence-corrected chi connectivity index (χ4v) is 3.49. The first kappa shape index (κ1) is 19.5. The van der Waals surface area contributed by atoms with Gasteiger partial charge in [0.2, 0.25) is 5.91 Å². The molecule has 134 valence electrons. The van der Waals surface area contributed by atoms with Gasteiger partial charge in [0.05, 0.1) is 4.88 Å². The Morgan fingerprint density at radius 1 is 1.20 bits per heavy atom. The highest BCUT2D eigenvalue weighted by atomic mass is 32.2. The average Bonchev–Trinajstić information content (AvgIpc) is 3.14. The SMILES string of the molecule is CSc1ccc(CN(C)C(=O)[C@H](NC(=O)c2cccs2)C(C)C)cc1. The van der Waals surface area contributed by atoms with Gasteiger partial charge in [0.15, 0.2) is 0 Å². The van der Waals surface area contributed by atoms with Gasteiger partial charge >= 0.3 is 0 Å². The lowest BCUT2D eigenvalue weighted by molar-refractivity contribution is -0.133. The molecule has 0 fully saturated rings. The Morgan fingerprint density at radius 3 is 2.40 bits per heavy atom. The highest BCUT2D eigenvalue weighted by Crippen LogP contribution is 2.17. The van der Waals surface area contributed by atoms with E-state index in [1.54, 1.807) is 29.8 Å². The first-order chi connectivity index (χ1) is 11.9. The lowest BCUT2D eigenvalue weighted by Gasteiger charge is -2.27. The zero-order valence-corrected chi connectivity index (χ0v) is 16.6. The van der Waals surface area contributed by atoms with Crippen molar-refractivity contribution in [3.05, 3.63) is 52.2 Å². The number of likely N-dealkylation sites (N-methyl/N-ethyl adjacent to an activating group) is 1. The van der Waals surface area contributed by atoms with Crippen LogP contribution in [0.1, 0.15) is 29.1 Å². The van der Waals surface area contributed by atoms with Crippen LogP contribution >= 0.6 is 23.1 Å². The second-order valence-electron chi connectivity index (χ2n) is 6.21. The van der Waals surface area contributed by atoms with Gasteiger partial charge in [0, 0.05) is 18.5 Å². The van der Waals surface area contributed by atoms with E-state index in [-0.39, 0.29) is 17.7 Å². The molecular weight excluding hydrogens is 352 g/mol. The van der Waals surface area contributed by atoms with E-state index in [0.29, 0.717) is 11.4 Å². The Morgan fingerprint density at radius 2 is 1.88 bits per heavy atom. The summed E-state index contributed by atoms with van der Waals surface area (Å²) < 4.78 is 0. The molecule has 6 heteroatoms. The van der Waals surface area contributed by atoms with Crippen molar-refractivity contribution in [2.24, 2.45) is 5.92 Å². The maximum absolute atomic E-state index is 12.8. The molecule has 0 bridgehead atoms. The smallest absolute Gasteiger partial charge is 0.262 e. The van der Waals surface area contributed by atoms with Crippen LogP contribution in [-0.2, 0) is 11.3 Å². The summed E-state index contributed by atoms with van der Waals surface area (Å²) in [5.74, 6) is -0.258. The highest BCUT2D eigenvalue weighted by Gasteiger charge is 2.27. The molecule has 0 aliphatic rings. The zero-order valence-electron chi connectivity index (χ0n) is 15.0. The summed E-state index contributed by atoms with van der Waals surface area (Å²) in [6.45, 7) is 4.41. The first-order valence-corrected chi connectivity index (χ1v) is 10.2. The van der Waals surface area contributed by atoms with Gasteiger partial charge in [0.25, 0.3) is 5.91 Å². The Bertz CT molecular complexity index is 697. The van der Waals surface area contributed by atoms with Gasteiger partial charge in [-0.05, 0) is 41.3 Å². The molecule has 1 atom stereocenters. The summed E-state index contributed by atoms with van der Waals surface area (Å²) in [6, 6.07) is 11.2. The van der Waals surface area contributed by atoms with Crippen LogP contribution in [0.2, 0.25) is 0 Å². The predicted octanol–water partition coefficient (Wildman–Crippen LogP) is 3.88. The van der Waals surface area contributed by atoms with Crippen molar-refractivity contribution in [3.8, 4) is 0 Å². The molecule has 0 aliphatic carbocycles. The number of hydrogen-bond donors (Lipinski definition) is 1. The molecular formula is C19H24N2O2S2. The van der Waals surface area contributed by atoms with E-state index >= 15 is 0 Å². The van der Waals surface area contributed by atoms with Crippen molar-refractivity contribution in [3.63, 3.8) is 0 Å². The molecule has 2 aromatic rings. The van der Waals surface area contributed by atoms with E-state index in [2.05, 4.69) is 17.4 Å². The first-order valence-electron chi connectivity index (χ1n) is 8.14. The van der Waals surface area contributed by atoms with Crippen molar-refractivity contribution in [2.45, 2.75) is 31.3 Å². The van der Waals surface area contributed by atoms with Crippen LogP contribution in [0.15, 0.2) is 46.7 Å². The van der Waals surface area contributed by atoms with E-state index in [4.69, 9.17) is 0 Å². The quantitative estimate of drug-likeness (QED) is 0.746.